The van der Waals surface area contributed by atoms with Crippen molar-refractivity contribution in [3.63, 3.8) is 0 Å². The van der Waals surface area contributed by atoms with Crippen LogP contribution in [-0.4, -0.2) is 11.3 Å². The number of ether oxygens (including phenoxy) is 1. The van der Waals surface area contributed by atoms with Gasteiger partial charge in [-0.2, -0.15) is 0 Å². The maximum atomic E-state index is 12.3. The van der Waals surface area contributed by atoms with E-state index in [9.17, 15) is 13.2 Å². The van der Waals surface area contributed by atoms with E-state index in [0.29, 0.717) is 5.52 Å². The second-order valence-electron chi connectivity index (χ2n) is 5.78. The number of aromatic nitrogens is 1. The summed E-state index contributed by atoms with van der Waals surface area (Å²) in [5, 5.41) is 0.775. The smallest absolute Gasteiger partial charge is 0.404 e. The van der Waals surface area contributed by atoms with Gasteiger partial charge in [-0.05, 0) is 23.5 Å². The maximum Gasteiger partial charge on any atom is 0.573 e. The molecule has 0 radical (unpaired) electrons. The summed E-state index contributed by atoms with van der Waals surface area (Å²) in [6.07, 6.45) is -2.15. The fourth-order valence-corrected chi connectivity index (χ4v) is 2.11. The summed E-state index contributed by atoms with van der Waals surface area (Å²) in [6.45, 7) is 6.26. The van der Waals surface area contributed by atoms with Crippen molar-refractivity contribution in [2.45, 2.75) is 33.6 Å². The Morgan fingerprint density at radius 2 is 1.84 bits per heavy atom. The highest BCUT2D eigenvalue weighted by atomic mass is 19.4. The molecule has 19 heavy (non-hydrogen) atoms. The van der Waals surface area contributed by atoms with Crippen molar-refractivity contribution < 1.29 is 17.9 Å². The van der Waals surface area contributed by atoms with Crippen molar-refractivity contribution in [1.82, 2.24) is 4.98 Å². The largest absolute Gasteiger partial charge is 0.573 e. The zero-order valence-corrected chi connectivity index (χ0v) is 11.1. The molecule has 0 aliphatic carbocycles. The molecule has 0 bridgehead atoms. The molecule has 1 aromatic carbocycles. The predicted octanol–water partition coefficient (Wildman–Crippen LogP) is 4.66. The van der Waals surface area contributed by atoms with Gasteiger partial charge < -0.3 is 9.72 Å². The molecule has 5 heteroatoms. The first-order chi connectivity index (χ1) is 8.66. The number of benzene rings is 1. The van der Waals surface area contributed by atoms with Gasteiger partial charge in [0.05, 0.1) is 5.52 Å². The minimum atomic E-state index is -4.68. The Bertz CT molecular complexity index is 578. The number of halogens is 3. The lowest BCUT2D eigenvalue weighted by Gasteiger charge is -2.17. The zero-order valence-electron chi connectivity index (χ0n) is 11.1. The lowest BCUT2D eigenvalue weighted by molar-refractivity contribution is -0.274. The van der Waals surface area contributed by atoms with E-state index < -0.39 is 6.36 Å². The number of nitrogens with one attached hydrogen (secondary N) is 1. The summed E-state index contributed by atoms with van der Waals surface area (Å²) in [6, 6.07) is 4.69. The van der Waals surface area contributed by atoms with E-state index in [0.717, 1.165) is 17.4 Å². The third kappa shape index (κ3) is 3.43. The molecule has 2 rings (SSSR count). The second kappa shape index (κ2) is 4.47. The summed E-state index contributed by atoms with van der Waals surface area (Å²) in [7, 11) is 0. The lowest BCUT2D eigenvalue weighted by Crippen LogP contribution is -2.17. The summed E-state index contributed by atoms with van der Waals surface area (Å²) in [5.74, 6) is -0.190. The van der Waals surface area contributed by atoms with Crippen LogP contribution < -0.4 is 4.74 Å². The van der Waals surface area contributed by atoms with E-state index in [1.54, 1.807) is 18.3 Å². The Morgan fingerprint density at radius 1 is 1.16 bits per heavy atom. The van der Waals surface area contributed by atoms with Crippen LogP contribution in [0.3, 0.4) is 0 Å². The van der Waals surface area contributed by atoms with Crippen molar-refractivity contribution in [2.75, 3.05) is 0 Å². The topological polar surface area (TPSA) is 25.0 Å². The first kappa shape index (κ1) is 13.8. The average molecular weight is 271 g/mol. The van der Waals surface area contributed by atoms with Crippen molar-refractivity contribution in [3.05, 3.63) is 30.0 Å². The Hall–Kier alpha value is -1.65. The molecule has 0 spiro atoms. The molecule has 0 atom stereocenters. The Labute approximate surface area is 109 Å². The molecule has 1 heterocycles. The molecule has 0 saturated carbocycles. The van der Waals surface area contributed by atoms with Crippen LogP contribution in [0.1, 0.15) is 26.3 Å². The number of para-hydroxylation sites is 1. The van der Waals surface area contributed by atoms with Gasteiger partial charge >= 0.3 is 6.36 Å². The number of H-pyrrole nitrogens is 1. The van der Waals surface area contributed by atoms with E-state index in [4.69, 9.17) is 0 Å². The molecule has 1 N–H and O–H groups in total. The molecule has 1 aromatic heterocycles. The van der Waals surface area contributed by atoms with Crippen molar-refractivity contribution in [3.8, 4) is 5.75 Å². The molecule has 0 aliphatic heterocycles. The highest BCUT2D eigenvalue weighted by molar-refractivity contribution is 5.88. The third-order valence-corrected chi connectivity index (χ3v) is 2.71. The van der Waals surface area contributed by atoms with Crippen LogP contribution in [0.25, 0.3) is 10.9 Å². The average Bonchev–Trinajstić information content (AvgIpc) is 2.58. The molecule has 0 unspecified atom stereocenters. The van der Waals surface area contributed by atoms with Crippen molar-refractivity contribution in [1.29, 1.82) is 0 Å². The molecule has 104 valence electrons. The highest BCUT2D eigenvalue weighted by Crippen LogP contribution is 2.33. The Kier molecular flexibility index (Phi) is 3.24. The standard InChI is InChI=1S/C14H16F3NO/c1-13(2,3)7-9-8-18-12-10(9)5-4-6-11(12)19-14(15,16)17/h4-6,8,18H,7H2,1-3H3. The number of alkyl halides is 3. The zero-order chi connectivity index (χ0) is 14.3. The third-order valence-electron chi connectivity index (χ3n) is 2.71. The minimum Gasteiger partial charge on any atom is -0.404 e. The van der Waals surface area contributed by atoms with Crippen LogP contribution >= 0.6 is 0 Å². The second-order valence-corrected chi connectivity index (χ2v) is 5.78. The van der Waals surface area contributed by atoms with Crippen LogP contribution in [0.5, 0.6) is 5.75 Å². The highest BCUT2D eigenvalue weighted by Gasteiger charge is 2.32. The maximum absolute atomic E-state index is 12.3. The van der Waals surface area contributed by atoms with E-state index in [-0.39, 0.29) is 11.2 Å². The minimum absolute atomic E-state index is 0.0655. The van der Waals surface area contributed by atoms with Crippen LogP contribution in [0, 0.1) is 5.41 Å². The van der Waals surface area contributed by atoms with E-state index in [2.05, 4.69) is 30.5 Å². The fourth-order valence-electron chi connectivity index (χ4n) is 2.11. The van der Waals surface area contributed by atoms with Gasteiger partial charge in [-0.15, -0.1) is 13.2 Å². The van der Waals surface area contributed by atoms with E-state index >= 15 is 0 Å². The molecule has 2 aromatic rings. The van der Waals surface area contributed by atoms with Gasteiger partial charge in [0.25, 0.3) is 0 Å². The fraction of sp³-hybridized carbons (Fsp3) is 0.429. The van der Waals surface area contributed by atoms with Gasteiger partial charge in [-0.1, -0.05) is 32.9 Å². The monoisotopic (exact) mass is 271 g/mol. The number of hydrogen-bond donors (Lipinski definition) is 1. The van der Waals surface area contributed by atoms with Gasteiger partial charge in [0.2, 0.25) is 0 Å². The Balaban J connectivity index is 2.43. The van der Waals surface area contributed by atoms with Gasteiger partial charge in [-0.25, -0.2) is 0 Å². The number of fused-ring (bicyclic) bond motifs is 1. The molecule has 0 fully saturated rings. The Morgan fingerprint density at radius 3 is 2.42 bits per heavy atom. The van der Waals surface area contributed by atoms with Crippen LogP contribution in [0.4, 0.5) is 13.2 Å². The lowest BCUT2D eigenvalue weighted by atomic mass is 9.88. The summed E-state index contributed by atoms with van der Waals surface area (Å²) in [4.78, 5) is 2.88. The number of aromatic amines is 1. The van der Waals surface area contributed by atoms with Gasteiger partial charge in [0, 0.05) is 11.6 Å². The van der Waals surface area contributed by atoms with Crippen LogP contribution in [-0.2, 0) is 6.42 Å². The summed E-state index contributed by atoms with van der Waals surface area (Å²) < 4.78 is 41.0. The van der Waals surface area contributed by atoms with Crippen molar-refractivity contribution in [2.24, 2.45) is 5.41 Å². The molecule has 0 aliphatic rings. The van der Waals surface area contributed by atoms with E-state index in [1.165, 1.54) is 6.07 Å². The summed E-state index contributed by atoms with van der Waals surface area (Å²) >= 11 is 0. The number of rotatable bonds is 2. The normalized spacial score (nSPS) is 12.9. The van der Waals surface area contributed by atoms with E-state index in [1.807, 2.05) is 0 Å². The predicted molar refractivity (Wildman–Crippen MR) is 68.1 cm³/mol. The first-order valence-corrected chi connectivity index (χ1v) is 6.00. The van der Waals surface area contributed by atoms with Crippen molar-refractivity contribution >= 4 is 10.9 Å². The SMILES string of the molecule is CC(C)(C)Cc1c[nH]c2c(OC(F)(F)F)cccc12. The van der Waals surface area contributed by atoms with Crippen LogP contribution in [0.15, 0.2) is 24.4 Å². The molecule has 0 saturated heterocycles. The number of hydrogen-bond acceptors (Lipinski definition) is 1. The molecule has 2 nitrogen and oxygen atoms in total. The van der Waals surface area contributed by atoms with Gasteiger partial charge in [-0.3, -0.25) is 0 Å². The van der Waals surface area contributed by atoms with Gasteiger partial charge in [0.15, 0.2) is 5.75 Å². The molecular weight excluding hydrogens is 255 g/mol. The first-order valence-electron chi connectivity index (χ1n) is 6.00. The quantitative estimate of drug-likeness (QED) is 0.844. The van der Waals surface area contributed by atoms with Gasteiger partial charge in [0.1, 0.15) is 0 Å². The molecule has 0 amide bonds. The van der Waals surface area contributed by atoms with Crippen LogP contribution in [0.2, 0.25) is 0 Å². The summed E-state index contributed by atoms with van der Waals surface area (Å²) in [5.41, 5.74) is 1.45. The molecular formula is C14H16F3NO.